The monoisotopic (exact) mass is 279 g/mol. The average Bonchev–Trinajstić information content (AvgIpc) is 2.90. The van der Waals surface area contributed by atoms with Gasteiger partial charge in [-0.05, 0) is 22.3 Å². The Hall–Kier alpha value is -2.13. The molecular weight excluding hydrogens is 262 g/mol. The molecule has 1 heterocycles. The van der Waals surface area contributed by atoms with Crippen LogP contribution in [0.3, 0.4) is 0 Å². The SMILES string of the molecule is O=C(C1c2ccccc2-c2ccccc21)N1CCOCC1. The molecule has 21 heavy (non-hydrogen) atoms. The second-order valence-corrected chi connectivity index (χ2v) is 5.55. The maximum atomic E-state index is 13.0. The highest BCUT2D eigenvalue weighted by atomic mass is 16.5. The molecule has 4 rings (SSSR count). The summed E-state index contributed by atoms with van der Waals surface area (Å²) in [5.74, 6) is 0.0474. The van der Waals surface area contributed by atoms with Crippen LogP contribution in [0.25, 0.3) is 11.1 Å². The summed E-state index contributed by atoms with van der Waals surface area (Å²) in [4.78, 5) is 14.9. The second kappa shape index (κ2) is 5.01. The average molecular weight is 279 g/mol. The fourth-order valence-electron chi connectivity index (χ4n) is 3.39. The van der Waals surface area contributed by atoms with Crippen molar-refractivity contribution in [2.24, 2.45) is 0 Å². The number of ether oxygens (including phenoxy) is 1. The highest BCUT2D eigenvalue weighted by Crippen LogP contribution is 2.45. The molecule has 0 saturated carbocycles. The third kappa shape index (κ3) is 1.96. The number of fused-ring (bicyclic) bond motifs is 3. The molecule has 1 saturated heterocycles. The van der Waals surface area contributed by atoms with Gasteiger partial charge < -0.3 is 9.64 Å². The number of nitrogens with zero attached hydrogens (tertiary/aromatic N) is 1. The highest BCUT2D eigenvalue weighted by molar-refractivity contribution is 5.96. The molecule has 0 aromatic heterocycles. The van der Waals surface area contributed by atoms with E-state index in [4.69, 9.17) is 4.74 Å². The molecule has 1 fully saturated rings. The lowest BCUT2D eigenvalue weighted by Crippen LogP contribution is -2.43. The fourth-order valence-corrected chi connectivity index (χ4v) is 3.39. The van der Waals surface area contributed by atoms with Crippen LogP contribution in [0, 0.1) is 0 Å². The molecule has 3 heteroatoms. The van der Waals surface area contributed by atoms with Crippen LogP contribution in [-0.4, -0.2) is 37.1 Å². The zero-order chi connectivity index (χ0) is 14.2. The summed E-state index contributed by atoms with van der Waals surface area (Å²) in [7, 11) is 0. The van der Waals surface area contributed by atoms with Crippen molar-refractivity contribution >= 4 is 5.91 Å². The Morgan fingerprint density at radius 3 is 2.00 bits per heavy atom. The number of benzene rings is 2. The highest BCUT2D eigenvalue weighted by Gasteiger charge is 2.36. The summed E-state index contributed by atoms with van der Waals surface area (Å²) in [5.41, 5.74) is 4.66. The van der Waals surface area contributed by atoms with E-state index < -0.39 is 0 Å². The van der Waals surface area contributed by atoms with Crippen LogP contribution in [-0.2, 0) is 9.53 Å². The largest absolute Gasteiger partial charge is 0.378 e. The first-order valence-electron chi connectivity index (χ1n) is 7.41. The van der Waals surface area contributed by atoms with Crippen LogP contribution in [0.4, 0.5) is 0 Å². The number of hydrogen-bond donors (Lipinski definition) is 0. The first-order chi connectivity index (χ1) is 10.4. The number of morpholine rings is 1. The number of hydrogen-bond acceptors (Lipinski definition) is 2. The minimum Gasteiger partial charge on any atom is -0.378 e. The van der Waals surface area contributed by atoms with Crippen molar-refractivity contribution in [3.63, 3.8) is 0 Å². The quantitative estimate of drug-likeness (QED) is 0.803. The molecule has 1 aliphatic heterocycles. The van der Waals surface area contributed by atoms with Crippen LogP contribution >= 0.6 is 0 Å². The lowest BCUT2D eigenvalue weighted by molar-refractivity contribution is -0.135. The number of carbonyl (C=O) groups is 1. The lowest BCUT2D eigenvalue weighted by Gasteiger charge is -2.29. The summed E-state index contributed by atoms with van der Waals surface area (Å²) in [6, 6.07) is 16.5. The first-order valence-corrected chi connectivity index (χ1v) is 7.41. The van der Waals surface area contributed by atoms with Crippen molar-refractivity contribution in [1.29, 1.82) is 0 Å². The standard InChI is InChI=1S/C18H17NO2/c20-18(19-9-11-21-12-10-19)17-15-7-3-1-5-13(15)14-6-2-4-8-16(14)17/h1-8,17H,9-12H2. The van der Waals surface area contributed by atoms with Gasteiger partial charge in [0, 0.05) is 13.1 Å². The fraction of sp³-hybridized carbons (Fsp3) is 0.278. The van der Waals surface area contributed by atoms with Gasteiger partial charge in [-0.1, -0.05) is 48.5 Å². The smallest absolute Gasteiger partial charge is 0.234 e. The second-order valence-electron chi connectivity index (χ2n) is 5.55. The molecule has 2 aromatic rings. The Labute approximate surface area is 124 Å². The van der Waals surface area contributed by atoms with Gasteiger partial charge in [0.2, 0.25) is 5.91 Å². The van der Waals surface area contributed by atoms with Gasteiger partial charge >= 0.3 is 0 Å². The van der Waals surface area contributed by atoms with Crippen LogP contribution in [0.15, 0.2) is 48.5 Å². The molecule has 1 amide bonds. The van der Waals surface area contributed by atoms with Gasteiger partial charge in [-0.15, -0.1) is 0 Å². The molecule has 106 valence electrons. The van der Waals surface area contributed by atoms with E-state index in [0.717, 1.165) is 11.1 Å². The molecular formula is C18H17NO2. The first kappa shape index (κ1) is 12.6. The molecule has 2 aliphatic rings. The summed E-state index contributed by atoms with van der Waals surface area (Å²) in [5, 5.41) is 0. The molecule has 2 aromatic carbocycles. The van der Waals surface area contributed by atoms with Gasteiger partial charge in [0.05, 0.1) is 19.1 Å². The zero-order valence-electron chi connectivity index (χ0n) is 11.8. The molecule has 0 atom stereocenters. The predicted molar refractivity (Wildman–Crippen MR) is 81.1 cm³/mol. The minimum atomic E-state index is -0.157. The van der Waals surface area contributed by atoms with Crippen molar-refractivity contribution in [3.8, 4) is 11.1 Å². The molecule has 0 spiro atoms. The van der Waals surface area contributed by atoms with Gasteiger partial charge in [-0.2, -0.15) is 0 Å². The van der Waals surface area contributed by atoms with E-state index in [-0.39, 0.29) is 11.8 Å². The molecule has 1 aliphatic carbocycles. The minimum absolute atomic E-state index is 0.157. The van der Waals surface area contributed by atoms with Crippen LogP contribution < -0.4 is 0 Å². The van der Waals surface area contributed by atoms with Gasteiger partial charge in [0.25, 0.3) is 0 Å². The number of carbonyl (C=O) groups excluding carboxylic acids is 1. The van der Waals surface area contributed by atoms with Crippen molar-refractivity contribution in [1.82, 2.24) is 4.90 Å². The Kier molecular flexibility index (Phi) is 3.00. The van der Waals surface area contributed by atoms with Crippen molar-refractivity contribution in [2.45, 2.75) is 5.92 Å². The van der Waals surface area contributed by atoms with Crippen LogP contribution in [0.2, 0.25) is 0 Å². The van der Waals surface area contributed by atoms with Crippen molar-refractivity contribution < 1.29 is 9.53 Å². The van der Waals surface area contributed by atoms with E-state index in [1.54, 1.807) is 0 Å². The Morgan fingerprint density at radius 1 is 0.905 bits per heavy atom. The maximum Gasteiger partial charge on any atom is 0.234 e. The van der Waals surface area contributed by atoms with E-state index in [2.05, 4.69) is 24.3 Å². The maximum absolute atomic E-state index is 13.0. The van der Waals surface area contributed by atoms with Gasteiger partial charge in [-0.3, -0.25) is 4.79 Å². The Bertz CT molecular complexity index is 644. The molecule has 0 N–H and O–H groups in total. The Morgan fingerprint density at radius 2 is 1.43 bits per heavy atom. The van der Waals surface area contributed by atoms with Gasteiger partial charge in [0.15, 0.2) is 0 Å². The van der Waals surface area contributed by atoms with Crippen molar-refractivity contribution in [3.05, 3.63) is 59.7 Å². The van der Waals surface area contributed by atoms with E-state index in [1.165, 1.54) is 11.1 Å². The topological polar surface area (TPSA) is 29.5 Å². The summed E-state index contributed by atoms with van der Waals surface area (Å²) < 4.78 is 5.36. The third-order valence-electron chi connectivity index (χ3n) is 4.40. The van der Waals surface area contributed by atoms with Crippen LogP contribution in [0.5, 0.6) is 0 Å². The van der Waals surface area contributed by atoms with E-state index in [9.17, 15) is 4.79 Å². The third-order valence-corrected chi connectivity index (χ3v) is 4.40. The van der Waals surface area contributed by atoms with E-state index >= 15 is 0 Å². The Balaban J connectivity index is 1.79. The summed E-state index contributed by atoms with van der Waals surface area (Å²) in [6.45, 7) is 2.67. The van der Waals surface area contributed by atoms with E-state index in [1.807, 2.05) is 29.2 Å². The molecule has 3 nitrogen and oxygen atoms in total. The lowest BCUT2D eigenvalue weighted by atomic mass is 9.95. The number of rotatable bonds is 1. The summed E-state index contributed by atoms with van der Waals surface area (Å²) in [6.07, 6.45) is 0. The van der Waals surface area contributed by atoms with Gasteiger partial charge in [-0.25, -0.2) is 0 Å². The predicted octanol–water partition coefficient (Wildman–Crippen LogP) is 2.66. The number of amides is 1. The molecule has 0 bridgehead atoms. The van der Waals surface area contributed by atoms with Gasteiger partial charge in [0.1, 0.15) is 0 Å². The normalized spacial score (nSPS) is 17.4. The van der Waals surface area contributed by atoms with Crippen LogP contribution in [0.1, 0.15) is 17.0 Å². The molecule has 0 unspecified atom stereocenters. The molecule has 0 radical (unpaired) electrons. The van der Waals surface area contributed by atoms with Crippen molar-refractivity contribution in [2.75, 3.05) is 26.3 Å². The zero-order valence-corrected chi connectivity index (χ0v) is 11.8. The summed E-state index contributed by atoms with van der Waals surface area (Å²) >= 11 is 0. The van der Waals surface area contributed by atoms with E-state index in [0.29, 0.717) is 26.3 Å².